The minimum atomic E-state index is 0.120. The first-order chi connectivity index (χ1) is 8.76. The van der Waals surface area contributed by atoms with Crippen molar-refractivity contribution in [3.05, 3.63) is 30.3 Å². The van der Waals surface area contributed by atoms with Crippen molar-refractivity contribution in [3.8, 4) is 0 Å². The van der Waals surface area contributed by atoms with Crippen molar-refractivity contribution in [1.29, 1.82) is 0 Å². The Kier molecular flexibility index (Phi) is 4.20. The Balaban J connectivity index is 2.01. The SMILES string of the molecule is CCC(CN1CCN(c2ccccc2)C1=O)NC. The number of rotatable bonds is 5. The van der Waals surface area contributed by atoms with Gasteiger partial charge in [-0.25, -0.2) is 4.79 Å². The largest absolute Gasteiger partial charge is 0.324 e. The Morgan fingerprint density at radius 2 is 2.00 bits per heavy atom. The molecule has 1 fully saturated rings. The molecule has 0 spiro atoms. The molecule has 1 saturated heterocycles. The number of carbonyl (C=O) groups is 1. The third-order valence-electron chi connectivity index (χ3n) is 3.50. The summed E-state index contributed by atoms with van der Waals surface area (Å²) in [5, 5.41) is 3.24. The Morgan fingerprint density at radius 1 is 1.28 bits per heavy atom. The van der Waals surface area contributed by atoms with Crippen LogP contribution in [0.1, 0.15) is 13.3 Å². The summed E-state index contributed by atoms with van der Waals surface area (Å²) in [6.45, 7) is 4.51. The third-order valence-corrected chi connectivity index (χ3v) is 3.50. The zero-order valence-corrected chi connectivity index (χ0v) is 11.1. The average Bonchev–Trinajstić information content (AvgIpc) is 2.78. The van der Waals surface area contributed by atoms with E-state index in [1.54, 1.807) is 0 Å². The van der Waals surface area contributed by atoms with Gasteiger partial charge in [-0.05, 0) is 25.6 Å². The molecule has 2 amide bonds. The van der Waals surface area contributed by atoms with Gasteiger partial charge in [0.25, 0.3) is 0 Å². The number of likely N-dealkylation sites (N-methyl/N-ethyl adjacent to an activating group) is 1. The molecule has 0 radical (unpaired) electrons. The summed E-state index contributed by atoms with van der Waals surface area (Å²) in [5.74, 6) is 0. The van der Waals surface area contributed by atoms with Gasteiger partial charge < -0.3 is 10.2 Å². The molecule has 0 aliphatic carbocycles. The molecule has 1 N–H and O–H groups in total. The van der Waals surface area contributed by atoms with E-state index in [0.717, 1.165) is 31.7 Å². The van der Waals surface area contributed by atoms with E-state index in [1.165, 1.54) is 0 Å². The molecule has 1 heterocycles. The van der Waals surface area contributed by atoms with Crippen LogP contribution in [-0.4, -0.2) is 43.7 Å². The highest BCUT2D eigenvalue weighted by Gasteiger charge is 2.30. The van der Waals surface area contributed by atoms with Gasteiger partial charge in [0, 0.05) is 31.4 Å². The first kappa shape index (κ1) is 12.9. The number of hydrogen-bond acceptors (Lipinski definition) is 2. The maximum Gasteiger partial charge on any atom is 0.324 e. The molecular formula is C14H21N3O. The summed E-state index contributed by atoms with van der Waals surface area (Å²) in [6, 6.07) is 10.4. The Morgan fingerprint density at radius 3 is 2.61 bits per heavy atom. The standard InChI is InChI=1S/C14H21N3O/c1-3-12(15-2)11-16-9-10-17(14(16)18)13-7-5-4-6-8-13/h4-8,12,15H,3,9-11H2,1-2H3. The number of urea groups is 1. The topological polar surface area (TPSA) is 35.6 Å². The van der Waals surface area contributed by atoms with Crippen molar-refractivity contribution in [2.24, 2.45) is 0 Å². The molecule has 1 aromatic carbocycles. The van der Waals surface area contributed by atoms with Crippen LogP contribution in [-0.2, 0) is 0 Å². The van der Waals surface area contributed by atoms with Crippen LogP contribution in [0.15, 0.2) is 30.3 Å². The third kappa shape index (κ3) is 2.64. The van der Waals surface area contributed by atoms with E-state index in [0.29, 0.717) is 6.04 Å². The van der Waals surface area contributed by atoms with E-state index in [4.69, 9.17) is 0 Å². The predicted molar refractivity (Wildman–Crippen MR) is 73.9 cm³/mol. The average molecular weight is 247 g/mol. The van der Waals surface area contributed by atoms with Crippen LogP contribution >= 0.6 is 0 Å². The lowest BCUT2D eigenvalue weighted by molar-refractivity contribution is 0.215. The molecule has 0 bridgehead atoms. The molecule has 1 unspecified atom stereocenters. The van der Waals surface area contributed by atoms with Gasteiger partial charge >= 0.3 is 6.03 Å². The number of amides is 2. The maximum absolute atomic E-state index is 12.3. The molecule has 18 heavy (non-hydrogen) atoms. The lowest BCUT2D eigenvalue weighted by Crippen LogP contribution is -2.41. The highest BCUT2D eigenvalue weighted by Crippen LogP contribution is 2.19. The summed E-state index contributed by atoms with van der Waals surface area (Å²) in [4.78, 5) is 16.1. The van der Waals surface area contributed by atoms with Crippen LogP contribution in [0.3, 0.4) is 0 Å². The van der Waals surface area contributed by atoms with Gasteiger partial charge in [-0.1, -0.05) is 25.1 Å². The molecule has 1 atom stereocenters. The molecule has 0 aromatic heterocycles. The zero-order chi connectivity index (χ0) is 13.0. The fourth-order valence-corrected chi connectivity index (χ4v) is 2.29. The minimum Gasteiger partial charge on any atom is -0.321 e. The molecule has 1 aliphatic heterocycles. The van der Waals surface area contributed by atoms with E-state index in [9.17, 15) is 4.79 Å². The summed E-state index contributed by atoms with van der Waals surface area (Å²) in [6.07, 6.45) is 1.03. The number of nitrogens with one attached hydrogen (secondary N) is 1. The molecule has 4 nitrogen and oxygen atoms in total. The van der Waals surface area contributed by atoms with Gasteiger partial charge in [-0.3, -0.25) is 4.90 Å². The molecule has 1 aliphatic rings. The molecule has 4 heteroatoms. The van der Waals surface area contributed by atoms with Gasteiger partial charge in [0.05, 0.1) is 0 Å². The Bertz CT molecular complexity index is 389. The summed E-state index contributed by atoms with van der Waals surface area (Å²) in [7, 11) is 1.95. The second-order valence-electron chi connectivity index (χ2n) is 4.61. The highest BCUT2D eigenvalue weighted by molar-refractivity contribution is 5.94. The van der Waals surface area contributed by atoms with Gasteiger partial charge in [0.1, 0.15) is 0 Å². The minimum absolute atomic E-state index is 0.120. The van der Waals surface area contributed by atoms with E-state index >= 15 is 0 Å². The maximum atomic E-state index is 12.3. The fraction of sp³-hybridized carbons (Fsp3) is 0.500. The van der Waals surface area contributed by atoms with Crippen molar-refractivity contribution in [3.63, 3.8) is 0 Å². The molecule has 0 saturated carbocycles. The van der Waals surface area contributed by atoms with Crippen LogP contribution < -0.4 is 10.2 Å². The zero-order valence-electron chi connectivity index (χ0n) is 11.1. The van der Waals surface area contributed by atoms with Crippen molar-refractivity contribution in [2.45, 2.75) is 19.4 Å². The van der Waals surface area contributed by atoms with Crippen molar-refractivity contribution in [2.75, 3.05) is 31.6 Å². The van der Waals surface area contributed by atoms with Crippen LogP contribution in [0.5, 0.6) is 0 Å². The van der Waals surface area contributed by atoms with E-state index in [1.807, 2.05) is 47.2 Å². The Labute approximate surface area is 109 Å². The molecule has 2 rings (SSSR count). The second kappa shape index (κ2) is 5.87. The van der Waals surface area contributed by atoms with Crippen LogP contribution in [0.2, 0.25) is 0 Å². The highest BCUT2D eigenvalue weighted by atomic mass is 16.2. The van der Waals surface area contributed by atoms with Gasteiger partial charge in [-0.15, -0.1) is 0 Å². The number of para-hydroxylation sites is 1. The lowest BCUT2D eigenvalue weighted by Gasteiger charge is -2.23. The van der Waals surface area contributed by atoms with Crippen LogP contribution in [0, 0.1) is 0 Å². The smallest absolute Gasteiger partial charge is 0.321 e. The van der Waals surface area contributed by atoms with Crippen molar-refractivity contribution >= 4 is 11.7 Å². The molecular weight excluding hydrogens is 226 g/mol. The fourth-order valence-electron chi connectivity index (χ4n) is 2.29. The quantitative estimate of drug-likeness (QED) is 0.863. The number of anilines is 1. The second-order valence-corrected chi connectivity index (χ2v) is 4.61. The monoisotopic (exact) mass is 247 g/mol. The van der Waals surface area contributed by atoms with Crippen LogP contribution in [0.4, 0.5) is 10.5 Å². The van der Waals surface area contributed by atoms with Crippen LogP contribution in [0.25, 0.3) is 0 Å². The van der Waals surface area contributed by atoms with E-state index in [2.05, 4.69) is 12.2 Å². The Hall–Kier alpha value is -1.55. The van der Waals surface area contributed by atoms with Crippen molar-refractivity contribution < 1.29 is 4.79 Å². The number of nitrogens with zero attached hydrogens (tertiary/aromatic N) is 2. The summed E-state index contributed by atoms with van der Waals surface area (Å²) >= 11 is 0. The predicted octanol–water partition coefficient (Wildman–Crippen LogP) is 1.93. The normalized spacial score (nSPS) is 17.3. The number of carbonyl (C=O) groups excluding carboxylic acids is 1. The van der Waals surface area contributed by atoms with Gasteiger partial charge in [0.2, 0.25) is 0 Å². The van der Waals surface area contributed by atoms with E-state index < -0.39 is 0 Å². The summed E-state index contributed by atoms with van der Waals surface area (Å²) in [5.41, 5.74) is 0.988. The van der Waals surface area contributed by atoms with E-state index in [-0.39, 0.29) is 6.03 Å². The molecule has 1 aromatic rings. The summed E-state index contributed by atoms with van der Waals surface area (Å²) < 4.78 is 0. The number of hydrogen-bond donors (Lipinski definition) is 1. The van der Waals surface area contributed by atoms with Gasteiger partial charge in [0.15, 0.2) is 0 Å². The van der Waals surface area contributed by atoms with Crippen molar-refractivity contribution in [1.82, 2.24) is 10.2 Å². The molecule has 98 valence electrons. The first-order valence-corrected chi connectivity index (χ1v) is 6.55. The number of benzene rings is 1. The van der Waals surface area contributed by atoms with Gasteiger partial charge in [-0.2, -0.15) is 0 Å². The first-order valence-electron chi connectivity index (χ1n) is 6.55. The lowest BCUT2D eigenvalue weighted by atomic mass is 10.2.